The number of halogens is 6. The van der Waals surface area contributed by atoms with E-state index >= 15 is 0 Å². The molecule has 2 rings (SSSR count). The van der Waals surface area contributed by atoms with Crippen LogP contribution in [0.3, 0.4) is 0 Å². The van der Waals surface area contributed by atoms with Crippen LogP contribution in [0.25, 0.3) is 0 Å². The third kappa shape index (κ3) is 1.95. The molecule has 1 fully saturated rings. The Hall–Kier alpha value is -0.770. The van der Waals surface area contributed by atoms with Gasteiger partial charge < -0.3 is 0 Å². The van der Waals surface area contributed by atoms with Crippen molar-refractivity contribution in [1.29, 1.82) is 0 Å². The first-order valence-corrected chi connectivity index (χ1v) is 6.59. The highest BCUT2D eigenvalue weighted by Crippen LogP contribution is 2.58. The Kier molecular flexibility index (Phi) is 2.98. The van der Waals surface area contributed by atoms with Gasteiger partial charge in [-0.2, -0.15) is 34.8 Å². The number of fused-ring (bicyclic) bond motifs is 2. The Labute approximate surface area is 104 Å². The summed E-state index contributed by atoms with van der Waals surface area (Å²) < 4.78 is 101. The highest BCUT2D eigenvalue weighted by atomic mass is 32.2. The molecule has 10 heteroatoms. The average Bonchev–Trinajstić information content (AvgIpc) is 2.71. The zero-order chi connectivity index (χ0) is 14.7. The standard InChI is InChI=1S/C9H8F6O3S/c10-8(11,12)7(5-1-2-6(7)4-3-5)18-19(16,17)9(13,14)15/h1-2,5-6H,3-4H2/t5-,6+,7?. The lowest BCUT2D eigenvalue weighted by Crippen LogP contribution is -2.54. The summed E-state index contributed by atoms with van der Waals surface area (Å²) in [6.07, 6.45) is -3.20. The van der Waals surface area contributed by atoms with Crippen molar-refractivity contribution in [2.75, 3.05) is 0 Å². The van der Waals surface area contributed by atoms with Crippen LogP contribution >= 0.6 is 0 Å². The van der Waals surface area contributed by atoms with Crippen LogP contribution in [0, 0.1) is 11.8 Å². The van der Waals surface area contributed by atoms with E-state index in [0.29, 0.717) is 0 Å². The molecule has 0 amide bonds. The summed E-state index contributed by atoms with van der Waals surface area (Å²) in [7, 11) is -6.31. The van der Waals surface area contributed by atoms with Gasteiger partial charge in [-0.25, -0.2) is 4.18 Å². The van der Waals surface area contributed by atoms with Gasteiger partial charge in [-0.1, -0.05) is 12.2 Å². The largest absolute Gasteiger partial charge is 0.523 e. The van der Waals surface area contributed by atoms with E-state index in [2.05, 4.69) is 4.18 Å². The molecule has 2 aliphatic rings. The predicted molar refractivity (Wildman–Crippen MR) is 50.2 cm³/mol. The number of alkyl halides is 6. The maximum Gasteiger partial charge on any atom is 0.523 e. The average molecular weight is 310 g/mol. The molecule has 0 radical (unpaired) electrons. The van der Waals surface area contributed by atoms with Gasteiger partial charge in [-0.15, -0.1) is 0 Å². The lowest BCUT2D eigenvalue weighted by atomic mass is 9.90. The fourth-order valence-electron chi connectivity index (χ4n) is 2.63. The van der Waals surface area contributed by atoms with Crippen molar-refractivity contribution in [3.8, 4) is 0 Å². The molecule has 3 nitrogen and oxygen atoms in total. The predicted octanol–water partition coefficient (Wildman–Crippen LogP) is 2.75. The van der Waals surface area contributed by atoms with E-state index in [4.69, 9.17) is 0 Å². The molecule has 1 unspecified atom stereocenters. The normalized spacial score (nSPS) is 35.1. The fraction of sp³-hybridized carbons (Fsp3) is 0.778. The van der Waals surface area contributed by atoms with E-state index in [0.717, 1.165) is 12.2 Å². The Morgan fingerprint density at radius 3 is 1.68 bits per heavy atom. The van der Waals surface area contributed by atoms with E-state index in [1.54, 1.807) is 0 Å². The van der Waals surface area contributed by atoms with Gasteiger partial charge in [0.25, 0.3) is 0 Å². The molecule has 0 aliphatic heterocycles. The van der Waals surface area contributed by atoms with Crippen LogP contribution in [0.5, 0.6) is 0 Å². The van der Waals surface area contributed by atoms with Crippen LogP contribution in [0.15, 0.2) is 12.2 Å². The van der Waals surface area contributed by atoms with Gasteiger partial charge in [0.2, 0.25) is 0 Å². The van der Waals surface area contributed by atoms with E-state index in [1.165, 1.54) is 0 Å². The monoisotopic (exact) mass is 310 g/mol. The first-order valence-electron chi connectivity index (χ1n) is 5.19. The summed E-state index contributed by atoms with van der Waals surface area (Å²) in [6, 6.07) is 0. The third-order valence-electron chi connectivity index (χ3n) is 3.44. The Morgan fingerprint density at radius 1 is 1.00 bits per heavy atom. The molecular weight excluding hydrogens is 302 g/mol. The van der Waals surface area contributed by atoms with Crippen LogP contribution in [0.1, 0.15) is 12.8 Å². The molecular formula is C9H8F6O3S. The second-order valence-electron chi connectivity index (χ2n) is 4.45. The third-order valence-corrected chi connectivity index (χ3v) is 4.50. The first-order chi connectivity index (χ1) is 8.42. The summed E-state index contributed by atoms with van der Waals surface area (Å²) >= 11 is 0. The van der Waals surface area contributed by atoms with Crippen LogP contribution in [-0.4, -0.2) is 25.7 Å². The zero-order valence-corrected chi connectivity index (χ0v) is 9.94. The fourth-order valence-corrected chi connectivity index (χ4v) is 3.43. The zero-order valence-electron chi connectivity index (χ0n) is 9.12. The highest BCUT2D eigenvalue weighted by molar-refractivity contribution is 7.87. The molecule has 0 N–H and O–H groups in total. The van der Waals surface area contributed by atoms with E-state index < -0.39 is 39.2 Å². The molecule has 0 saturated heterocycles. The quantitative estimate of drug-likeness (QED) is 0.341. The van der Waals surface area contributed by atoms with Crippen LogP contribution < -0.4 is 0 Å². The molecule has 0 aromatic heterocycles. The Morgan fingerprint density at radius 2 is 1.42 bits per heavy atom. The molecule has 0 aromatic rings. The van der Waals surface area contributed by atoms with Crippen LogP contribution in [0.4, 0.5) is 26.3 Å². The van der Waals surface area contributed by atoms with Crippen molar-refractivity contribution in [2.24, 2.45) is 11.8 Å². The minimum absolute atomic E-state index is 0.0615. The van der Waals surface area contributed by atoms with E-state index in [1.807, 2.05) is 0 Å². The second kappa shape index (κ2) is 3.87. The Bertz CT molecular complexity index is 489. The summed E-state index contributed by atoms with van der Waals surface area (Å²) in [5.41, 5.74) is -9.20. The van der Waals surface area contributed by atoms with Gasteiger partial charge in [0.15, 0.2) is 5.60 Å². The summed E-state index contributed by atoms with van der Waals surface area (Å²) in [4.78, 5) is 0. The molecule has 19 heavy (non-hydrogen) atoms. The molecule has 0 spiro atoms. The molecule has 2 aliphatic carbocycles. The van der Waals surface area contributed by atoms with Crippen molar-refractivity contribution in [3.05, 3.63) is 12.2 Å². The maximum atomic E-state index is 13.1. The van der Waals surface area contributed by atoms with E-state index in [9.17, 15) is 34.8 Å². The summed E-state index contributed by atoms with van der Waals surface area (Å²) in [6.45, 7) is 0. The molecule has 0 heterocycles. The second-order valence-corrected chi connectivity index (χ2v) is 5.99. The first kappa shape index (κ1) is 14.6. The number of hydrogen-bond acceptors (Lipinski definition) is 3. The van der Waals surface area contributed by atoms with Crippen molar-refractivity contribution < 1.29 is 38.9 Å². The molecule has 1 saturated carbocycles. The molecule has 110 valence electrons. The molecule has 0 aromatic carbocycles. The van der Waals surface area contributed by atoms with Crippen LogP contribution in [-0.2, 0) is 14.3 Å². The number of rotatable bonds is 2. The highest BCUT2D eigenvalue weighted by Gasteiger charge is 2.72. The van der Waals surface area contributed by atoms with Crippen molar-refractivity contribution in [1.82, 2.24) is 0 Å². The topological polar surface area (TPSA) is 43.4 Å². The number of hydrogen-bond donors (Lipinski definition) is 0. The van der Waals surface area contributed by atoms with Gasteiger partial charge >= 0.3 is 21.8 Å². The lowest BCUT2D eigenvalue weighted by molar-refractivity contribution is -0.264. The minimum Gasteiger partial charge on any atom is -0.246 e. The van der Waals surface area contributed by atoms with Gasteiger partial charge in [0, 0.05) is 11.8 Å². The van der Waals surface area contributed by atoms with Gasteiger partial charge in [-0.3, -0.25) is 0 Å². The summed E-state index contributed by atoms with van der Waals surface area (Å²) in [5.74, 6) is -2.82. The van der Waals surface area contributed by atoms with Crippen molar-refractivity contribution in [3.63, 3.8) is 0 Å². The van der Waals surface area contributed by atoms with Gasteiger partial charge in [-0.05, 0) is 12.8 Å². The smallest absolute Gasteiger partial charge is 0.246 e. The SMILES string of the molecule is O=S(=O)(OC1(C(F)(F)F)[C@@H]2C=C[C@H]1CC2)C(F)(F)F. The molecule has 2 bridgehead atoms. The summed E-state index contributed by atoms with van der Waals surface area (Å²) in [5, 5.41) is 0. The minimum atomic E-state index is -6.31. The van der Waals surface area contributed by atoms with Crippen molar-refractivity contribution in [2.45, 2.75) is 30.1 Å². The Balaban J connectivity index is 2.45. The molecule has 3 atom stereocenters. The lowest BCUT2D eigenvalue weighted by Gasteiger charge is -2.35. The van der Waals surface area contributed by atoms with Gasteiger partial charge in [0.05, 0.1) is 0 Å². The van der Waals surface area contributed by atoms with Crippen molar-refractivity contribution >= 4 is 10.1 Å². The van der Waals surface area contributed by atoms with E-state index in [-0.39, 0.29) is 12.8 Å². The maximum absolute atomic E-state index is 13.1. The van der Waals surface area contributed by atoms with Gasteiger partial charge in [0.1, 0.15) is 0 Å². The van der Waals surface area contributed by atoms with Crippen LogP contribution in [0.2, 0.25) is 0 Å².